The maximum atomic E-state index is 11.0. The zero-order valence-corrected chi connectivity index (χ0v) is 10.9. The van der Waals surface area contributed by atoms with Crippen LogP contribution in [0.4, 0.5) is 11.4 Å². The van der Waals surface area contributed by atoms with Crippen LogP contribution in [0.15, 0.2) is 30.6 Å². The van der Waals surface area contributed by atoms with Crippen molar-refractivity contribution in [1.29, 1.82) is 0 Å². The Bertz CT molecular complexity index is 552. The third kappa shape index (κ3) is 3.48. The lowest BCUT2D eigenvalue weighted by Crippen LogP contribution is -2.07. The van der Waals surface area contributed by atoms with Crippen molar-refractivity contribution in [3.63, 3.8) is 0 Å². The molecule has 2 aromatic rings. The summed E-state index contributed by atoms with van der Waals surface area (Å²) < 4.78 is 5.27. The highest BCUT2D eigenvalue weighted by molar-refractivity contribution is 5.89. The Labute approximate surface area is 111 Å². The molecule has 0 atom stereocenters. The SMILES string of the molecule is COc1ccc(NC(C)=O)cc1NCc1ncc[nH]1. The Kier molecular flexibility index (Phi) is 4.02. The highest BCUT2D eigenvalue weighted by Crippen LogP contribution is 2.28. The van der Waals surface area contributed by atoms with E-state index < -0.39 is 0 Å². The monoisotopic (exact) mass is 260 g/mol. The molecule has 0 radical (unpaired) electrons. The number of carbonyl (C=O) groups excluding carboxylic acids is 1. The van der Waals surface area contributed by atoms with Crippen LogP contribution in [0.2, 0.25) is 0 Å². The van der Waals surface area contributed by atoms with Crippen LogP contribution in [0.3, 0.4) is 0 Å². The Morgan fingerprint density at radius 3 is 2.95 bits per heavy atom. The number of nitrogens with one attached hydrogen (secondary N) is 3. The van der Waals surface area contributed by atoms with Crippen LogP contribution in [0.25, 0.3) is 0 Å². The molecular formula is C13H16N4O2. The van der Waals surface area contributed by atoms with Crippen LogP contribution < -0.4 is 15.4 Å². The van der Waals surface area contributed by atoms with E-state index in [4.69, 9.17) is 4.74 Å². The van der Waals surface area contributed by atoms with Gasteiger partial charge in [-0.25, -0.2) is 4.98 Å². The van der Waals surface area contributed by atoms with Gasteiger partial charge in [-0.2, -0.15) is 0 Å². The molecule has 1 aromatic heterocycles. The summed E-state index contributed by atoms with van der Waals surface area (Å²) in [5, 5.41) is 5.94. The smallest absolute Gasteiger partial charge is 0.221 e. The van der Waals surface area contributed by atoms with E-state index in [1.165, 1.54) is 6.92 Å². The van der Waals surface area contributed by atoms with Gasteiger partial charge in [0, 0.05) is 25.0 Å². The molecule has 19 heavy (non-hydrogen) atoms. The maximum Gasteiger partial charge on any atom is 0.221 e. The van der Waals surface area contributed by atoms with Gasteiger partial charge in [0.05, 0.1) is 19.3 Å². The van der Waals surface area contributed by atoms with Gasteiger partial charge in [0.15, 0.2) is 0 Å². The number of nitrogens with zero attached hydrogens (tertiary/aromatic N) is 1. The second-order valence-electron chi connectivity index (χ2n) is 3.99. The number of rotatable bonds is 5. The number of imidazole rings is 1. The van der Waals surface area contributed by atoms with E-state index in [-0.39, 0.29) is 5.91 Å². The van der Waals surface area contributed by atoms with Crippen LogP contribution in [0, 0.1) is 0 Å². The van der Waals surface area contributed by atoms with E-state index in [2.05, 4.69) is 20.6 Å². The summed E-state index contributed by atoms with van der Waals surface area (Å²) >= 11 is 0. The molecule has 100 valence electrons. The number of hydrogen-bond donors (Lipinski definition) is 3. The molecule has 0 aliphatic rings. The van der Waals surface area contributed by atoms with Gasteiger partial charge < -0.3 is 20.4 Å². The molecule has 0 saturated carbocycles. The van der Waals surface area contributed by atoms with E-state index in [9.17, 15) is 4.79 Å². The van der Waals surface area contributed by atoms with Crippen LogP contribution in [0.1, 0.15) is 12.7 Å². The van der Waals surface area contributed by atoms with Crippen LogP contribution in [-0.2, 0) is 11.3 Å². The summed E-state index contributed by atoms with van der Waals surface area (Å²) in [7, 11) is 1.60. The molecular weight excluding hydrogens is 244 g/mol. The van der Waals surface area contributed by atoms with E-state index in [0.29, 0.717) is 12.3 Å². The fourth-order valence-electron chi connectivity index (χ4n) is 1.70. The number of methoxy groups -OCH3 is 1. The van der Waals surface area contributed by atoms with Crippen molar-refractivity contribution < 1.29 is 9.53 Å². The van der Waals surface area contributed by atoms with Gasteiger partial charge >= 0.3 is 0 Å². The average molecular weight is 260 g/mol. The molecule has 1 amide bonds. The number of aromatic nitrogens is 2. The summed E-state index contributed by atoms with van der Waals surface area (Å²) in [5.41, 5.74) is 1.51. The second-order valence-corrected chi connectivity index (χ2v) is 3.99. The van der Waals surface area contributed by atoms with Crippen LogP contribution in [0.5, 0.6) is 5.75 Å². The minimum Gasteiger partial charge on any atom is -0.495 e. The predicted octanol–water partition coefficient (Wildman–Crippen LogP) is 1.99. The first-order chi connectivity index (χ1) is 9.19. The zero-order valence-electron chi connectivity index (χ0n) is 10.9. The topological polar surface area (TPSA) is 79.0 Å². The molecule has 0 bridgehead atoms. The van der Waals surface area contributed by atoms with Gasteiger partial charge in [0.2, 0.25) is 5.91 Å². The standard InChI is InChI=1S/C13H16N4O2/c1-9(18)17-10-3-4-12(19-2)11(7-10)16-8-13-14-5-6-15-13/h3-7,16H,8H2,1-2H3,(H,14,15)(H,17,18). The number of amides is 1. The van der Waals surface area contributed by atoms with Crippen molar-refractivity contribution in [2.75, 3.05) is 17.7 Å². The van der Waals surface area contributed by atoms with Gasteiger partial charge in [-0.15, -0.1) is 0 Å². The van der Waals surface area contributed by atoms with E-state index >= 15 is 0 Å². The fraction of sp³-hybridized carbons (Fsp3) is 0.231. The number of benzene rings is 1. The Balaban J connectivity index is 2.13. The van der Waals surface area contributed by atoms with E-state index in [1.54, 1.807) is 31.6 Å². The lowest BCUT2D eigenvalue weighted by atomic mass is 10.2. The Morgan fingerprint density at radius 2 is 2.32 bits per heavy atom. The van der Waals surface area contributed by atoms with Crippen molar-refractivity contribution >= 4 is 17.3 Å². The first-order valence-corrected chi connectivity index (χ1v) is 5.87. The van der Waals surface area contributed by atoms with Crippen molar-refractivity contribution in [3.05, 3.63) is 36.4 Å². The van der Waals surface area contributed by atoms with Crippen LogP contribution in [-0.4, -0.2) is 23.0 Å². The molecule has 6 heteroatoms. The molecule has 0 spiro atoms. The molecule has 2 rings (SSSR count). The molecule has 0 aliphatic carbocycles. The quantitative estimate of drug-likeness (QED) is 0.768. The molecule has 1 heterocycles. The summed E-state index contributed by atoms with van der Waals surface area (Å²) in [5.74, 6) is 1.43. The van der Waals surface area contributed by atoms with Crippen molar-refractivity contribution in [3.8, 4) is 5.75 Å². The van der Waals surface area contributed by atoms with Crippen molar-refractivity contribution in [2.45, 2.75) is 13.5 Å². The number of hydrogen-bond acceptors (Lipinski definition) is 4. The lowest BCUT2D eigenvalue weighted by Gasteiger charge is -2.12. The molecule has 0 aliphatic heterocycles. The number of carbonyl (C=O) groups is 1. The van der Waals surface area contributed by atoms with Crippen molar-refractivity contribution in [2.24, 2.45) is 0 Å². The molecule has 0 unspecified atom stereocenters. The fourth-order valence-corrected chi connectivity index (χ4v) is 1.70. The van der Waals surface area contributed by atoms with Gasteiger partial charge in [-0.05, 0) is 18.2 Å². The largest absolute Gasteiger partial charge is 0.495 e. The van der Waals surface area contributed by atoms with Gasteiger partial charge in [-0.1, -0.05) is 0 Å². The minimum atomic E-state index is -0.109. The first kappa shape index (κ1) is 12.9. The highest BCUT2D eigenvalue weighted by Gasteiger charge is 2.06. The number of ether oxygens (including phenoxy) is 1. The van der Waals surface area contributed by atoms with E-state index in [1.807, 2.05) is 6.07 Å². The van der Waals surface area contributed by atoms with Gasteiger partial charge in [0.1, 0.15) is 11.6 Å². The minimum absolute atomic E-state index is 0.109. The molecule has 6 nitrogen and oxygen atoms in total. The number of anilines is 2. The predicted molar refractivity (Wildman–Crippen MR) is 73.2 cm³/mol. The molecule has 0 saturated heterocycles. The molecule has 3 N–H and O–H groups in total. The van der Waals surface area contributed by atoms with E-state index in [0.717, 1.165) is 17.2 Å². The molecule has 0 fully saturated rings. The Morgan fingerprint density at radius 1 is 1.47 bits per heavy atom. The summed E-state index contributed by atoms with van der Waals surface area (Å²) in [6, 6.07) is 5.41. The van der Waals surface area contributed by atoms with Gasteiger partial charge in [-0.3, -0.25) is 4.79 Å². The zero-order chi connectivity index (χ0) is 13.7. The number of aromatic amines is 1. The normalized spacial score (nSPS) is 10.0. The Hall–Kier alpha value is -2.50. The first-order valence-electron chi connectivity index (χ1n) is 5.87. The average Bonchev–Trinajstić information content (AvgIpc) is 2.89. The maximum absolute atomic E-state index is 11.0. The number of H-pyrrole nitrogens is 1. The lowest BCUT2D eigenvalue weighted by molar-refractivity contribution is -0.114. The highest BCUT2D eigenvalue weighted by atomic mass is 16.5. The third-order valence-electron chi connectivity index (χ3n) is 2.52. The third-order valence-corrected chi connectivity index (χ3v) is 2.52. The molecule has 1 aromatic carbocycles. The second kappa shape index (κ2) is 5.90. The summed E-state index contributed by atoms with van der Waals surface area (Å²) in [6.45, 7) is 2.02. The summed E-state index contributed by atoms with van der Waals surface area (Å²) in [4.78, 5) is 18.2. The van der Waals surface area contributed by atoms with Crippen LogP contribution >= 0.6 is 0 Å². The van der Waals surface area contributed by atoms with Gasteiger partial charge in [0.25, 0.3) is 0 Å². The van der Waals surface area contributed by atoms with Crippen molar-refractivity contribution in [1.82, 2.24) is 9.97 Å². The summed E-state index contributed by atoms with van der Waals surface area (Å²) in [6.07, 6.45) is 3.46.